The molecule has 122 valence electrons. The van der Waals surface area contributed by atoms with E-state index in [9.17, 15) is 8.42 Å². The van der Waals surface area contributed by atoms with E-state index in [0.717, 1.165) is 18.4 Å². The van der Waals surface area contributed by atoms with Gasteiger partial charge < -0.3 is 0 Å². The van der Waals surface area contributed by atoms with Gasteiger partial charge >= 0.3 is 0 Å². The van der Waals surface area contributed by atoms with Crippen LogP contribution in [0.1, 0.15) is 30.9 Å². The van der Waals surface area contributed by atoms with Crippen molar-refractivity contribution in [3.8, 4) is 0 Å². The van der Waals surface area contributed by atoms with E-state index in [1.807, 2.05) is 25.1 Å². The highest BCUT2D eigenvalue weighted by Crippen LogP contribution is 2.36. The van der Waals surface area contributed by atoms with E-state index < -0.39 is 10.0 Å². The fourth-order valence-corrected chi connectivity index (χ4v) is 4.65. The highest BCUT2D eigenvalue weighted by molar-refractivity contribution is 7.89. The highest BCUT2D eigenvalue weighted by Gasteiger charge is 2.36. The summed E-state index contributed by atoms with van der Waals surface area (Å²) in [6.07, 6.45) is 1.70. The van der Waals surface area contributed by atoms with Crippen LogP contribution in [0.25, 0.3) is 0 Å². The Balaban J connectivity index is 1.77. The molecule has 1 aliphatic heterocycles. The van der Waals surface area contributed by atoms with E-state index in [1.54, 1.807) is 16.4 Å². The predicted molar refractivity (Wildman–Crippen MR) is 93.0 cm³/mol. The van der Waals surface area contributed by atoms with Gasteiger partial charge in [0.1, 0.15) is 0 Å². The first-order valence-electron chi connectivity index (χ1n) is 8.04. The zero-order chi connectivity index (χ0) is 16.5. The van der Waals surface area contributed by atoms with Crippen molar-refractivity contribution < 1.29 is 8.42 Å². The SMILES string of the molecule is Cc1ccc(S(=O)(=O)N2CCC(C)(c3ccccc3)CC2)cc1. The Morgan fingerprint density at radius 3 is 2.04 bits per heavy atom. The van der Waals surface area contributed by atoms with Crippen molar-refractivity contribution in [2.75, 3.05) is 13.1 Å². The molecule has 23 heavy (non-hydrogen) atoms. The standard InChI is InChI=1S/C19H23NO2S/c1-16-8-10-18(11-9-16)23(21,22)20-14-12-19(2,13-15-20)17-6-4-3-5-7-17/h3-11H,12-15H2,1-2H3. The second kappa shape index (κ2) is 6.10. The molecular weight excluding hydrogens is 306 g/mol. The fourth-order valence-electron chi connectivity index (χ4n) is 3.21. The minimum Gasteiger partial charge on any atom is -0.207 e. The smallest absolute Gasteiger partial charge is 0.207 e. The molecule has 0 aliphatic carbocycles. The largest absolute Gasteiger partial charge is 0.243 e. The minimum absolute atomic E-state index is 0.0561. The average Bonchev–Trinajstić information content (AvgIpc) is 2.56. The molecule has 2 aromatic carbocycles. The van der Waals surface area contributed by atoms with Gasteiger partial charge in [-0.3, -0.25) is 0 Å². The molecule has 3 rings (SSSR count). The molecular formula is C19H23NO2S. The van der Waals surface area contributed by atoms with Gasteiger partial charge in [0, 0.05) is 13.1 Å². The van der Waals surface area contributed by atoms with Crippen LogP contribution < -0.4 is 0 Å². The second-order valence-corrected chi connectivity index (χ2v) is 8.58. The van der Waals surface area contributed by atoms with Crippen LogP contribution in [0.5, 0.6) is 0 Å². The van der Waals surface area contributed by atoms with Gasteiger partial charge in [-0.2, -0.15) is 4.31 Å². The maximum Gasteiger partial charge on any atom is 0.243 e. The number of benzene rings is 2. The van der Waals surface area contributed by atoms with Gasteiger partial charge in [-0.05, 0) is 42.9 Å². The lowest BCUT2D eigenvalue weighted by Gasteiger charge is -2.39. The van der Waals surface area contributed by atoms with Crippen molar-refractivity contribution in [2.24, 2.45) is 0 Å². The van der Waals surface area contributed by atoms with Gasteiger partial charge in [0.15, 0.2) is 0 Å². The Hall–Kier alpha value is -1.65. The molecule has 0 amide bonds. The number of rotatable bonds is 3. The number of aryl methyl sites for hydroxylation is 1. The molecule has 0 bridgehead atoms. The van der Waals surface area contributed by atoms with Crippen LogP contribution in [-0.4, -0.2) is 25.8 Å². The Morgan fingerprint density at radius 2 is 1.48 bits per heavy atom. The van der Waals surface area contributed by atoms with Crippen molar-refractivity contribution in [3.05, 3.63) is 65.7 Å². The topological polar surface area (TPSA) is 37.4 Å². The Bertz CT molecular complexity index is 759. The molecule has 0 unspecified atom stereocenters. The van der Waals surface area contributed by atoms with Crippen LogP contribution in [0, 0.1) is 6.92 Å². The quantitative estimate of drug-likeness (QED) is 0.860. The number of piperidine rings is 1. The second-order valence-electron chi connectivity index (χ2n) is 6.64. The zero-order valence-corrected chi connectivity index (χ0v) is 14.5. The molecule has 4 heteroatoms. The summed E-state index contributed by atoms with van der Waals surface area (Å²) in [7, 11) is -3.38. The maximum atomic E-state index is 12.8. The third-order valence-corrected chi connectivity index (χ3v) is 6.87. The molecule has 0 aromatic heterocycles. The molecule has 0 radical (unpaired) electrons. The van der Waals surface area contributed by atoms with Crippen LogP contribution in [0.4, 0.5) is 0 Å². The first-order valence-corrected chi connectivity index (χ1v) is 9.48. The maximum absolute atomic E-state index is 12.8. The molecule has 0 saturated carbocycles. The van der Waals surface area contributed by atoms with Gasteiger partial charge in [-0.15, -0.1) is 0 Å². The Morgan fingerprint density at radius 1 is 0.913 bits per heavy atom. The van der Waals surface area contributed by atoms with E-state index in [2.05, 4.69) is 31.2 Å². The summed E-state index contributed by atoms with van der Waals surface area (Å²) in [4.78, 5) is 0.395. The zero-order valence-electron chi connectivity index (χ0n) is 13.7. The summed E-state index contributed by atoms with van der Waals surface area (Å²) in [6, 6.07) is 17.5. The first kappa shape index (κ1) is 16.2. The molecule has 1 fully saturated rings. The van der Waals surface area contributed by atoms with Crippen LogP contribution in [0.3, 0.4) is 0 Å². The van der Waals surface area contributed by atoms with Crippen molar-refractivity contribution >= 4 is 10.0 Å². The van der Waals surface area contributed by atoms with E-state index in [1.165, 1.54) is 5.56 Å². The van der Waals surface area contributed by atoms with Gasteiger partial charge in [0.05, 0.1) is 4.90 Å². The monoisotopic (exact) mass is 329 g/mol. The number of hydrogen-bond donors (Lipinski definition) is 0. The Kier molecular flexibility index (Phi) is 4.30. The molecule has 3 nitrogen and oxygen atoms in total. The van der Waals surface area contributed by atoms with Gasteiger partial charge in [0.25, 0.3) is 0 Å². The van der Waals surface area contributed by atoms with Gasteiger partial charge in [0.2, 0.25) is 10.0 Å². The average molecular weight is 329 g/mol. The summed E-state index contributed by atoms with van der Waals surface area (Å²) in [5.41, 5.74) is 2.42. The summed E-state index contributed by atoms with van der Waals surface area (Å²) in [5, 5.41) is 0. The third kappa shape index (κ3) is 3.19. The number of hydrogen-bond acceptors (Lipinski definition) is 2. The van der Waals surface area contributed by atoms with Crippen LogP contribution in [0.2, 0.25) is 0 Å². The molecule has 1 saturated heterocycles. The van der Waals surface area contributed by atoms with Crippen molar-refractivity contribution in [3.63, 3.8) is 0 Å². The van der Waals surface area contributed by atoms with E-state index >= 15 is 0 Å². The summed E-state index contributed by atoms with van der Waals surface area (Å²) in [6.45, 7) is 5.34. The lowest BCUT2D eigenvalue weighted by atomic mass is 9.75. The van der Waals surface area contributed by atoms with Gasteiger partial charge in [-0.1, -0.05) is 55.0 Å². The molecule has 1 aliphatic rings. The number of sulfonamides is 1. The predicted octanol–water partition coefficient (Wildman–Crippen LogP) is 3.74. The molecule has 0 spiro atoms. The number of nitrogens with zero attached hydrogens (tertiary/aromatic N) is 1. The van der Waals surface area contributed by atoms with Crippen LogP contribution in [-0.2, 0) is 15.4 Å². The molecule has 2 aromatic rings. The van der Waals surface area contributed by atoms with E-state index in [-0.39, 0.29) is 5.41 Å². The first-order chi connectivity index (χ1) is 10.9. The lowest BCUT2D eigenvalue weighted by molar-refractivity contribution is 0.249. The summed E-state index contributed by atoms with van der Waals surface area (Å²) < 4.78 is 27.2. The minimum atomic E-state index is -3.38. The summed E-state index contributed by atoms with van der Waals surface area (Å²) in [5.74, 6) is 0. The Labute approximate surface area is 139 Å². The molecule has 1 heterocycles. The lowest BCUT2D eigenvalue weighted by Crippen LogP contribution is -2.43. The van der Waals surface area contributed by atoms with E-state index in [0.29, 0.717) is 18.0 Å². The normalized spacial score (nSPS) is 18.7. The molecule has 0 atom stereocenters. The molecule has 0 N–H and O–H groups in total. The van der Waals surface area contributed by atoms with Crippen LogP contribution in [0.15, 0.2) is 59.5 Å². The van der Waals surface area contributed by atoms with E-state index in [4.69, 9.17) is 0 Å². The van der Waals surface area contributed by atoms with Crippen LogP contribution >= 0.6 is 0 Å². The van der Waals surface area contributed by atoms with Crippen molar-refractivity contribution in [1.82, 2.24) is 4.31 Å². The van der Waals surface area contributed by atoms with Crippen molar-refractivity contribution in [2.45, 2.75) is 37.0 Å². The van der Waals surface area contributed by atoms with Gasteiger partial charge in [-0.25, -0.2) is 8.42 Å². The fraction of sp³-hybridized carbons (Fsp3) is 0.368. The third-order valence-electron chi connectivity index (χ3n) is 4.96. The van der Waals surface area contributed by atoms with Crippen molar-refractivity contribution in [1.29, 1.82) is 0 Å². The highest BCUT2D eigenvalue weighted by atomic mass is 32.2. The summed E-state index contributed by atoms with van der Waals surface area (Å²) >= 11 is 0.